The Morgan fingerprint density at radius 1 is 1.11 bits per heavy atom. The number of nitrogens with two attached hydrogens (primary N) is 3. The van der Waals surface area contributed by atoms with E-state index >= 15 is 0 Å². The summed E-state index contributed by atoms with van der Waals surface area (Å²) in [5.74, 6) is -3.92. The van der Waals surface area contributed by atoms with Crippen LogP contribution < -0.4 is 22.5 Å². The summed E-state index contributed by atoms with van der Waals surface area (Å²) in [6.07, 6.45) is -0.129. The third-order valence-electron chi connectivity index (χ3n) is 2.15. The van der Waals surface area contributed by atoms with Crippen LogP contribution in [0.3, 0.4) is 0 Å². The zero-order valence-electron chi connectivity index (χ0n) is 9.59. The Morgan fingerprint density at radius 2 is 1.61 bits per heavy atom. The number of Topliss-reactive ketones (excluding diaryl/α,β-unsaturated/α-hetero) is 1. The molecule has 0 rings (SSSR count). The second kappa shape index (κ2) is 7.67. The van der Waals surface area contributed by atoms with Crippen molar-refractivity contribution in [3.8, 4) is 0 Å². The fraction of sp³-hybridized carbons (Fsp3) is 0.556. The molecule has 102 valence electrons. The molecule has 0 aliphatic heterocycles. The molecule has 0 saturated carbocycles. The molecular formula is C9H16N4O4S. The summed E-state index contributed by atoms with van der Waals surface area (Å²) in [5.41, 5.74) is 14.9. The smallest absolute Gasteiger partial charge is 0.249 e. The lowest BCUT2D eigenvalue weighted by Crippen LogP contribution is -2.54. The van der Waals surface area contributed by atoms with Gasteiger partial charge in [0.1, 0.15) is 5.78 Å². The highest BCUT2D eigenvalue weighted by molar-refractivity contribution is 7.80. The van der Waals surface area contributed by atoms with Crippen LogP contribution >= 0.6 is 12.6 Å². The summed E-state index contributed by atoms with van der Waals surface area (Å²) in [7, 11) is 0. The maximum atomic E-state index is 11.7. The van der Waals surface area contributed by atoms with Crippen molar-refractivity contribution in [1.29, 1.82) is 0 Å². The van der Waals surface area contributed by atoms with Gasteiger partial charge in [0.25, 0.3) is 0 Å². The molecule has 0 aliphatic carbocycles. The van der Waals surface area contributed by atoms with Crippen molar-refractivity contribution in [3.63, 3.8) is 0 Å². The van der Waals surface area contributed by atoms with Crippen molar-refractivity contribution in [2.75, 3.05) is 12.3 Å². The molecule has 0 unspecified atom stereocenters. The summed E-state index contributed by atoms with van der Waals surface area (Å²) in [5, 5.41) is 2.07. The number of thiol groups is 1. The van der Waals surface area contributed by atoms with Crippen LogP contribution in [0.2, 0.25) is 0 Å². The van der Waals surface area contributed by atoms with Crippen molar-refractivity contribution < 1.29 is 19.2 Å². The normalized spacial score (nSPS) is 11.9. The van der Waals surface area contributed by atoms with Gasteiger partial charge in [-0.25, -0.2) is 0 Å². The number of primary amides is 2. The zero-order chi connectivity index (χ0) is 14.3. The van der Waals surface area contributed by atoms with E-state index in [0.717, 1.165) is 0 Å². The van der Waals surface area contributed by atoms with Gasteiger partial charge < -0.3 is 22.5 Å². The Kier molecular flexibility index (Phi) is 6.98. The van der Waals surface area contributed by atoms with E-state index in [0.29, 0.717) is 0 Å². The third-order valence-corrected chi connectivity index (χ3v) is 2.59. The van der Waals surface area contributed by atoms with E-state index in [-0.39, 0.29) is 24.5 Å². The number of rotatable bonds is 8. The van der Waals surface area contributed by atoms with Gasteiger partial charge in [-0.1, -0.05) is 0 Å². The number of carbonyl (C=O) groups excluding carboxylic acids is 4. The van der Waals surface area contributed by atoms with Crippen LogP contribution in [0.15, 0.2) is 0 Å². The second-order valence-electron chi connectivity index (χ2n) is 3.57. The van der Waals surface area contributed by atoms with E-state index in [1.807, 2.05) is 0 Å². The van der Waals surface area contributed by atoms with Gasteiger partial charge in [0.05, 0.1) is 12.5 Å². The molecule has 0 aromatic heterocycles. The molecule has 0 aliphatic rings. The highest BCUT2D eigenvalue weighted by Gasteiger charge is 2.28. The van der Waals surface area contributed by atoms with Crippen molar-refractivity contribution in [1.82, 2.24) is 5.32 Å². The molecule has 0 aromatic rings. The molecule has 1 atom stereocenters. The summed E-state index contributed by atoms with van der Waals surface area (Å²) >= 11 is 3.91. The lowest BCUT2D eigenvalue weighted by Gasteiger charge is -2.17. The van der Waals surface area contributed by atoms with Gasteiger partial charge in [0.2, 0.25) is 17.7 Å². The Morgan fingerprint density at radius 3 is 1.94 bits per heavy atom. The summed E-state index contributed by atoms with van der Waals surface area (Å²) in [4.78, 5) is 44.5. The number of carbonyl (C=O) groups is 4. The number of hydrogen-bond donors (Lipinski definition) is 5. The van der Waals surface area contributed by atoms with Gasteiger partial charge in [-0.15, -0.1) is 0 Å². The minimum Gasteiger partial charge on any atom is -0.367 e. The average molecular weight is 276 g/mol. The molecule has 0 aromatic carbocycles. The topological polar surface area (TPSA) is 158 Å². The van der Waals surface area contributed by atoms with Gasteiger partial charge in [0, 0.05) is 12.2 Å². The minimum atomic E-state index is -1.60. The van der Waals surface area contributed by atoms with Crippen LogP contribution in [0, 0.1) is 5.92 Å². The molecule has 9 heteroatoms. The molecule has 0 bridgehead atoms. The first-order valence-corrected chi connectivity index (χ1v) is 5.68. The Labute approximate surface area is 109 Å². The summed E-state index contributed by atoms with van der Waals surface area (Å²) in [6, 6.07) is -1.60. The molecule has 0 fully saturated rings. The highest BCUT2D eigenvalue weighted by Crippen LogP contribution is 2.06. The Hall–Kier alpha value is -1.61. The second-order valence-corrected chi connectivity index (χ2v) is 3.94. The van der Waals surface area contributed by atoms with E-state index < -0.39 is 29.7 Å². The lowest BCUT2D eigenvalue weighted by atomic mass is 10.0. The van der Waals surface area contributed by atoms with Crippen molar-refractivity contribution in [2.24, 2.45) is 23.1 Å². The third kappa shape index (κ3) is 5.15. The monoisotopic (exact) mass is 276 g/mol. The lowest BCUT2D eigenvalue weighted by molar-refractivity contribution is -0.135. The van der Waals surface area contributed by atoms with E-state index in [9.17, 15) is 19.2 Å². The summed E-state index contributed by atoms with van der Waals surface area (Å²) in [6.45, 7) is -0.202. The van der Waals surface area contributed by atoms with Crippen molar-refractivity contribution in [2.45, 2.75) is 12.5 Å². The van der Waals surface area contributed by atoms with Crippen LogP contribution in [-0.4, -0.2) is 41.8 Å². The van der Waals surface area contributed by atoms with Crippen molar-refractivity contribution >= 4 is 36.1 Å². The van der Waals surface area contributed by atoms with Gasteiger partial charge in [0.15, 0.2) is 6.04 Å². The molecule has 7 N–H and O–H groups in total. The van der Waals surface area contributed by atoms with Gasteiger partial charge >= 0.3 is 0 Å². The Bertz CT molecular complexity index is 346. The molecule has 8 nitrogen and oxygen atoms in total. The first-order valence-electron chi connectivity index (χ1n) is 5.05. The minimum absolute atomic E-state index is 0.0574. The molecule has 0 spiro atoms. The SMILES string of the molecule is NCC(=O)C[C@@H](CS)C(=O)NC(C(N)=O)C(N)=O. The van der Waals surface area contributed by atoms with Crippen molar-refractivity contribution in [3.05, 3.63) is 0 Å². The molecule has 0 saturated heterocycles. The first kappa shape index (κ1) is 16.4. The molecule has 0 radical (unpaired) electrons. The maximum absolute atomic E-state index is 11.7. The van der Waals surface area contributed by atoms with E-state index in [1.165, 1.54) is 0 Å². The average Bonchev–Trinajstić information content (AvgIpc) is 2.31. The van der Waals surface area contributed by atoms with E-state index in [1.54, 1.807) is 0 Å². The number of hydrogen-bond acceptors (Lipinski definition) is 6. The molecule has 0 heterocycles. The Balaban J connectivity index is 4.65. The van der Waals surface area contributed by atoms with Crippen LogP contribution in [-0.2, 0) is 19.2 Å². The number of amides is 3. The maximum Gasteiger partial charge on any atom is 0.249 e. The van der Waals surface area contributed by atoms with Crippen LogP contribution in [0.1, 0.15) is 6.42 Å². The standard InChI is InChI=1S/C9H16N4O4S/c10-2-5(14)1-4(3-18)9(17)13-6(7(11)15)8(12)16/h4,6,18H,1-3,10H2,(H2,11,15)(H2,12,16)(H,13,17)/t4-/m0/s1. The van der Waals surface area contributed by atoms with Gasteiger partial charge in [-0.3, -0.25) is 19.2 Å². The molecule has 18 heavy (non-hydrogen) atoms. The fourth-order valence-corrected chi connectivity index (χ4v) is 1.44. The van der Waals surface area contributed by atoms with Gasteiger partial charge in [-0.05, 0) is 0 Å². The fourth-order valence-electron chi connectivity index (χ4n) is 1.14. The van der Waals surface area contributed by atoms with E-state index in [4.69, 9.17) is 17.2 Å². The van der Waals surface area contributed by atoms with E-state index in [2.05, 4.69) is 17.9 Å². The predicted octanol–water partition coefficient (Wildman–Crippen LogP) is -3.09. The largest absolute Gasteiger partial charge is 0.367 e. The van der Waals surface area contributed by atoms with Crippen LogP contribution in [0.4, 0.5) is 0 Å². The van der Waals surface area contributed by atoms with Gasteiger partial charge in [-0.2, -0.15) is 12.6 Å². The zero-order valence-corrected chi connectivity index (χ0v) is 10.5. The molecule has 3 amide bonds. The predicted molar refractivity (Wildman–Crippen MR) is 66.3 cm³/mol. The highest BCUT2D eigenvalue weighted by atomic mass is 32.1. The quantitative estimate of drug-likeness (QED) is 0.234. The summed E-state index contributed by atoms with van der Waals surface area (Å²) < 4.78 is 0. The van der Waals surface area contributed by atoms with Crippen LogP contribution in [0.25, 0.3) is 0 Å². The number of ketones is 1. The molecular weight excluding hydrogens is 260 g/mol. The number of nitrogens with one attached hydrogen (secondary N) is 1. The first-order chi connectivity index (χ1) is 8.33. The van der Waals surface area contributed by atoms with Crippen LogP contribution in [0.5, 0.6) is 0 Å².